The third kappa shape index (κ3) is 2.79. The topological polar surface area (TPSA) is 23.5 Å². The Morgan fingerprint density at radius 3 is 2.37 bits per heavy atom. The Labute approximate surface area is 116 Å². The highest BCUT2D eigenvalue weighted by atomic mass is 16.3. The van der Waals surface area contributed by atoms with Crippen molar-refractivity contribution in [1.29, 1.82) is 0 Å². The summed E-state index contributed by atoms with van der Waals surface area (Å²) in [6, 6.07) is 7.80. The van der Waals surface area contributed by atoms with Crippen molar-refractivity contribution in [2.24, 2.45) is 11.8 Å². The molecule has 2 nitrogen and oxygen atoms in total. The van der Waals surface area contributed by atoms with Crippen LogP contribution in [0.25, 0.3) is 0 Å². The summed E-state index contributed by atoms with van der Waals surface area (Å²) in [6.45, 7) is 6.10. The minimum Gasteiger partial charge on any atom is -0.508 e. The lowest BCUT2D eigenvalue weighted by atomic mass is 9.96. The monoisotopic (exact) mass is 259 g/mol. The first kappa shape index (κ1) is 13.0. The summed E-state index contributed by atoms with van der Waals surface area (Å²) >= 11 is 0. The van der Waals surface area contributed by atoms with Crippen LogP contribution in [0.4, 0.5) is 0 Å². The fourth-order valence-electron chi connectivity index (χ4n) is 4.01. The summed E-state index contributed by atoms with van der Waals surface area (Å²) in [5.41, 5.74) is 1.37. The van der Waals surface area contributed by atoms with Gasteiger partial charge < -0.3 is 10.0 Å². The Morgan fingerprint density at radius 2 is 1.79 bits per heavy atom. The SMILES string of the molecule is CCC(CN1C[C@H]2CCC[C@H]2C1)c1ccc(O)cc1. The largest absolute Gasteiger partial charge is 0.508 e. The molecule has 0 bridgehead atoms. The smallest absolute Gasteiger partial charge is 0.115 e. The molecule has 0 aromatic heterocycles. The Kier molecular flexibility index (Phi) is 3.79. The van der Waals surface area contributed by atoms with E-state index in [4.69, 9.17) is 0 Å². The van der Waals surface area contributed by atoms with E-state index in [2.05, 4.69) is 24.0 Å². The number of likely N-dealkylation sites (tertiary alicyclic amines) is 1. The second-order valence-corrected chi connectivity index (χ2v) is 6.37. The molecule has 1 aliphatic carbocycles. The molecule has 0 spiro atoms. The average molecular weight is 259 g/mol. The van der Waals surface area contributed by atoms with Crippen molar-refractivity contribution >= 4 is 0 Å². The molecule has 1 N–H and O–H groups in total. The molecule has 1 heterocycles. The van der Waals surface area contributed by atoms with Gasteiger partial charge in [-0.3, -0.25) is 0 Å². The molecular formula is C17H25NO. The molecule has 1 aromatic rings. The van der Waals surface area contributed by atoms with Gasteiger partial charge in [-0.05, 0) is 54.7 Å². The standard InChI is InChI=1S/C17H25NO/c1-2-13(14-6-8-17(19)9-7-14)10-18-11-15-4-3-5-16(15)12-18/h6-9,13,15-16,19H,2-5,10-12H2,1H3/t13?,15-,16+. The van der Waals surface area contributed by atoms with Gasteiger partial charge in [-0.25, -0.2) is 0 Å². The number of rotatable bonds is 4. The Bertz CT molecular complexity index is 402. The van der Waals surface area contributed by atoms with Gasteiger partial charge in [-0.1, -0.05) is 25.5 Å². The Hall–Kier alpha value is -1.02. The van der Waals surface area contributed by atoms with Crippen molar-refractivity contribution < 1.29 is 5.11 Å². The highest BCUT2D eigenvalue weighted by Crippen LogP contribution is 2.38. The number of fused-ring (bicyclic) bond motifs is 1. The summed E-state index contributed by atoms with van der Waals surface area (Å²) in [4.78, 5) is 2.68. The molecule has 3 atom stereocenters. The second-order valence-electron chi connectivity index (χ2n) is 6.37. The zero-order valence-corrected chi connectivity index (χ0v) is 11.9. The van der Waals surface area contributed by atoms with Crippen LogP contribution < -0.4 is 0 Å². The molecule has 2 heteroatoms. The molecule has 2 fully saturated rings. The quantitative estimate of drug-likeness (QED) is 0.892. The molecule has 1 aromatic carbocycles. The van der Waals surface area contributed by atoms with Gasteiger partial charge >= 0.3 is 0 Å². The van der Waals surface area contributed by atoms with E-state index in [-0.39, 0.29) is 0 Å². The normalized spacial score (nSPS) is 28.5. The Balaban J connectivity index is 1.62. The minimum atomic E-state index is 0.370. The van der Waals surface area contributed by atoms with Crippen molar-refractivity contribution in [1.82, 2.24) is 4.90 Å². The third-order valence-electron chi connectivity index (χ3n) is 5.14. The summed E-state index contributed by atoms with van der Waals surface area (Å²) in [5, 5.41) is 9.39. The maximum atomic E-state index is 9.39. The van der Waals surface area contributed by atoms with E-state index in [1.54, 1.807) is 0 Å². The zero-order valence-electron chi connectivity index (χ0n) is 11.9. The van der Waals surface area contributed by atoms with E-state index < -0.39 is 0 Å². The van der Waals surface area contributed by atoms with E-state index in [9.17, 15) is 5.11 Å². The fraction of sp³-hybridized carbons (Fsp3) is 0.647. The number of aromatic hydroxyl groups is 1. The first-order chi connectivity index (χ1) is 9.26. The number of phenols is 1. The van der Waals surface area contributed by atoms with Gasteiger partial charge in [0.05, 0.1) is 0 Å². The van der Waals surface area contributed by atoms with Crippen molar-refractivity contribution in [2.75, 3.05) is 19.6 Å². The maximum Gasteiger partial charge on any atom is 0.115 e. The van der Waals surface area contributed by atoms with Crippen LogP contribution >= 0.6 is 0 Å². The van der Waals surface area contributed by atoms with Crippen LogP contribution in [0.2, 0.25) is 0 Å². The minimum absolute atomic E-state index is 0.370. The predicted molar refractivity (Wildman–Crippen MR) is 78.4 cm³/mol. The highest BCUT2D eigenvalue weighted by Gasteiger charge is 2.36. The van der Waals surface area contributed by atoms with Gasteiger partial charge in [0.25, 0.3) is 0 Å². The molecule has 2 aliphatic rings. The van der Waals surface area contributed by atoms with Crippen molar-refractivity contribution in [3.8, 4) is 5.75 Å². The second kappa shape index (κ2) is 5.54. The molecule has 1 saturated carbocycles. The van der Waals surface area contributed by atoms with Crippen molar-refractivity contribution in [2.45, 2.75) is 38.5 Å². The first-order valence-corrected chi connectivity index (χ1v) is 7.77. The number of phenolic OH excluding ortho intramolecular Hbond substituents is 1. The average Bonchev–Trinajstić information content (AvgIpc) is 2.98. The van der Waals surface area contributed by atoms with Crippen molar-refractivity contribution in [3.63, 3.8) is 0 Å². The molecule has 19 heavy (non-hydrogen) atoms. The van der Waals surface area contributed by atoms with Crippen LogP contribution in [0.5, 0.6) is 5.75 Å². The van der Waals surface area contributed by atoms with E-state index in [0.717, 1.165) is 11.8 Å². The van der Waals surface area contributed by atoms with E-state index in [0.29, 0.717) is 11.7 Å². The van der Waals surface area contributed by atoms with Crippen LogP contribution in [0.15, 0.2) is 24.3 Å². The van der Waals surface area contributed by atoms with Crippen LogP contribution in [0.1, 0.15) is 44.1 Å². The molecule has 1 aliphatic heterocycles. The van der Waals surface area contributed by atoms with Gasteiger partial charge in [0.1, 0.15) is 5.75 Å². The van der Waals surface area contributed by atoms with Gasteiger partial charge in [-0.15, -0.1) is 0 Å². The molecule has 104 valence electrons. The van der Waals surface area contributed by atoms with Crippen molar-refractivity contribution in [3.05, 3.63) is 29.8 Å². The fourth-order valence-corrected chi connectivity index (χ4v) is 4.01. The number of benzene rings is 1. The Morgan fingerprint density at radius 1 is 1.16 bits per heavy atom. The lowest BCUT2D eigenvalue weighted by Gasteiger charge is -2.24. The van der Waals surface area contributed by atoms with E-state index in [1.807, 2.05) is 12.1 Å². The van der Waals surface area contributed by atoms with Gasteiger partial charge in [0, 0.05) is 19.6 Å². The molecule has 3 rings (SSSR count). The van der Waals surface area contributed by atoms with Crippen LogP contribution in [-0.2, 0) is 0 Å². The molecule has 1 saturated heterocycles. The van der Waals surface area contributed by atoms with Gasteiger partial charge in [-0.2, -0.15) is 0 Å². The number of hydrogen-bond donors (Lipinski definition) is 1. The van der Waals surface area contributed by atoms with Gasteiger partial charge in [0.15, 0.2) is 0 Å². The zero-order chi connectivity index (χ0) is 13.2. The first-order valence-electron chi connectivity index (χ1n) is 7.77. The summed E-state index contributed by atoms with van der Waals surface area (Å²) in [5.74, 6) is 2.95. The summed E-state index contributed by atoms with van der Waals surface area (Å²) in [7, 11) is 0. The lowest BCUT2D eigenvalue weighted by Crippen LogP contribution is -2.27. The van der Waals surface area contributed by atoms with Gasteiger partial charge in [0.2, 0.25) is 0 Å². The highest BCUT2D eigenvalue weighted by molar-refractivity contribution is 5.28. The van der Waals surface area contributed by atoms with Crippen LogP contribution in [-0.4, -0.2) is 29.6 Å². The lowest BCUT2D eigenvalue weighted by molar-refractivity contribution is 0.287. The summed E-state index contributed by atoms with van der Waals surface area (Å²) in [6.07, 6.45) is 5.54. The van der Waals surface area contributed by atoms with Crippen LogP contribution in [0.3, 0.4) is 0 Å². The summed E-state index contributed by atoms with van der Waals surface area (Å²) < 4.78 is 0. The number of nitrogens with zero attached hydrogens (tertiary/aromatic N) is 1. The predicted octanol–water partition coefficient (Wildman–Crippen LogP) is 3.62. The molecule has 0 amide bonds. The molecule has 0 radical (unpaired) electrons. The molecular weight excluding hydrogens is 234 g/mol. The van der Waals surface area contributed by atoms with Crippen LogP contribution in [0, 0.1) is 11.8 Å². The molecule has 1 unspecified atom stereocenters. The van der Waals surface area contributed by atoms with E-state index in [1.165, 1.54) is 50.9 Å². The third-order valence-corrected chi connectivity index (χ3v) is 5.14. The number of hydrogen-bond acceptors (Lipinski definition) is 2. The van der Waals surface area contributed by atoms with E-state index >= 15 is 0 Å². The maximum absolute atomic E-state index is 9.39.